The van der Waals surface area contributed by atoms with E-state index >= 15 is 0 Å². The summed E-state index contributed by atoms with van der Waals surface area (Å²) in [7, 11) is 0. The predicted molar refractivity (Wildman–Crippen MR) is 96.2 cm³/mol. The van der Waals surface area contributed by atoms with E-state index in [4.69, 9.17) is 5.73 Å². The second-order valence-electron chi connectivity index (χ2n) is 5.88. The van der Waals surface area contributed by atoms with Crippen LogP contribution in [0.5, 0.6) is 0 Å². The topological polar surface area (TPSA) is 29.3 Å². The lowest BCUT2D eigenvalue weighted by Gasteiger charge is -2.33. The molecule has 1 rings (SSSR count). The number of hydrogen-bond acceptors (Lipinski definition) is 2. The molecule has 1 heterocycles. The molecule has 0 spiro atoms. The molecule has 1 aliphatic heterocycles. The predicted octanol–water partition coefficient (Wildman–Crippen LogP) is 4.89. The molecule has 1 unspecified atom stereocenters. The molecule has 0 aromatic rings. The first-order valence-corrected chi connectivity index (χ1v) is 8.59. The van der Waals surface area contributed by atoms with Crippen LogP contribution in [0.15, 0.2) is 36.1 Å². The second-order valence-corrected chi connectivity index (χ2v) is 5.88. The van der Waals surface area contributed by atoms with Gasteiger partial charge in [-0.25, -0.2) is 0 Å². The lowest BCUT2D eigenvalue weighted by molar-refractivity contribution is 0.287. The minimum absolute atomic E-state index is 0.0885. The average Bonchev–Trinajstić information content (AvgIpc) is 2.49. The summed E-state index contributed by atoms with van der Waals surface area (Å²) < 4.78 is 0. The van der Waals surface area contributed by atoms with E-state index in [0.717, 1.165) is 25.2 Å². The zero-order chi connectivity index (χ0) is 16.3. The van der Waals surface area contributed by atoms with Crippen molar-refractivity contribution in [1.29, 1.82) is 0 Å². The van der Waals surface area contributed by atoms with Gasteiger partial charge in [-0.3, -0.25) is 0 Å². The van der Waals surface area contributed by atoms with Gasteiger partial charge in [-0.1, -0.05) is 52.5 Å². The van der Waals surface area contributed by atoms with E-state index in [1.807, 2.05) is 26.8 Å². The summed E-state index contributed by atoms with van der Waals surface area (Å²) in [6.07, 6.45) is 11.2. The van der Waals surface area contributed by atoms with Crippen LogP contribution >= 0.6 is 0 Å². The maximum Gasteiger partial charge on any atom is 0.0341 e. The third-order valence-electron chi connectivity index (χ3n) is 3.66. The largest absolute Gasteiger partial charge is 0.372 e. The highest BCUT2D eigenvalue weighted by molar-refractivity contribution is 5.35. The first kappa shape index (κ1) is 20.0. The Balaban J connectivity index is 0.00000191. The Morgan fingerprint density at radius 1 is 1.19 bits per heavy atom. The third-order valence-corrected chi connectivity index (χ3v) is 3.66. The number of hydrogen-bond donors (Lipinski definition) is 1. The standard InChI is InChI=1S/C17H30N2.C2H6/c1-5-6-10-16(17(18)13-14(2)3)15(4)19-11-8-7-9-12-19;1-2/h5-6,10,14,17H,4,7-9,11-13,18H2,1-3H3;1-2H3/b6-5-,16-10+;. The molecule has 1 atom stereocenters. The highest BCUT2D eigenvalue weighted by Gasteiger charge is 2.19. The van der Waals surface area contributed by atoms with Crippen LogP contribution < -0.4 is 5.73 Å². The van der Waals surface area contributed by atoms with E-state index in [2.05, 4.69) is 37.5 Å². The van der Waals surface area contributed by atoms with Crippen LogP contribution in [0, 0.1) is 5.92 Å². The average molecular weight is 293 g/mol. The fourth-order valence-corrected chi connectivity index (χ4v) is 2.61. The van der Waals surface area contributed by atoms with Crippen molar-refractivity contribution in [3.63, 3.8) is 0 Å². The number of nitrogens with two attached hydrogens (primary N) is 1. The van der Waals surface area contributed by atoms with E-state index in [9.17, 15) is 0 Å². The van der Waals surface area contributed by atoms with E-state index in [1.54, 1.807) is 0 Å². The monoisotopic (exact) mass is 292 g/mol. The maximum atomic E-state index is 6.38. The zero-order valence-electron chi connectivity index (χ0n) is 14.9. The minimum Gasteiger partial charge on any atom is -0.372 e. The lowest BCUT2D eigenvalue weighted by atomic mass is 9.94. The highest BCUT2D eigenvalue weighted by atomic mass is 15.1. The Morgan fingerprint density at radius 2 is 1.76 bits per heavy atom. The van der Waals surface area contributed by atoms with E-state index in [1.165, 1.54) is 24.8 Å². The van der Waals surface area contributed by atoms with E-state index in [0.29, 0.717) is 5.92 Å². The molecule has 2 nitrogen and oxygen atoms in total. The van der Waals surface area contributed by atoms with Gasteiger partial charge in [-0.15, -0.1) is 0 Å². The van der Waals surface area contributed by atoms with Gasteiger partial charge in [0.25, 0.3) is 0 Å². The fraction of sp³-hybridized carbons (Fsp3) is 0.684. The summed E-state index contributed by atoms with van der Waals surface area (Å²) in [5.74, 6) is 0.609. The first-order valence-electron chi connectivity index (χ1n) is 8.59. The van der Waals surface area contributed by atoms with Crippen molar-refractivity contribution in [2.45, 2.75) is 66.3 Å². The van der Waals surface area contributed by atoms with Crippen molar-refractivity contribution in [2.75, 3.05) is 13.1 Å². The van der Waals surface area contributed by atoms with Gasteiger partial charge in [0.2, 0.25) is 0 Å². The van der Waals surface area contributed by atoms with Gasteiger partial charge in [0.15, 0.2) is 0 Å². The molecule has 0 aromatic carbocycles. The van der Waals surface area contributed by atoms with Crippen LogP contribution in [0.25, 0.3) is 0 Å². The van der Waals surface area contributed by atoms with Crippen molar-refractivity contribution in [3.8, 4) is 0 Å². The normalized spacial score (nSPS) is 17.7. The van der Waals surface area contributed by atoms with Crippen LogP contribution in [0.4, 0.5) is 0 Å². The van der Waals surface area contributed by atoms with Gasteiger partial charge >= 0.3 is 0 Å². The van der Waals surface area contributed by atoms with E-state index < -0.39 is 0 Å². The van der Waals surface area contributed by atoms with Crippen molar-refractivity contribution in [2.24, 2.45) is 11.7 Å². The summed E-state index contributed by atoms with van der Waals surface area (Å²) in [6, 6.07) is 0.0885. The molecule has 0 aromatic heterocycles. The molecule has 2 heteroatoms. The van der Waals surface area contributed by atoms with Crippen LogP contribution in [-0.2, 0) is 0 Å². The summed E-state index contributed by atoms with van der Waals surface area (Å²) in [4.78, 5) is 2.40. The molecule has 0 radical (unpaired) electrons. The van der Waals surface area contributed by atoms with Gasteiger partial charge < -0.3 is 10.6 Å². The number of piperidine rings is 1. The number of allylic oxidation sites excluding steroid dienone is 3. The molecule has 1 saturated heterocycles. The minimum atomic E-state index is 0.0885. The maximum absolute atomic E-state index is 6.38. The fourth-order valence-electron chi connectivity index (χ4n) is 2.61. The van der Waals surface area contributed by atoms with Crippen LogP contribution in [0.1, 0.15) is 60.3 Å². The molecular weight excluding hydrogens is 256 g/mol. The Kier molecular flexibility index (Phi) is 11.1. The van der Waals surface area contributed by atoms with Gasteiger partial charge in [-0.2, -0.15) is 0 Å². The summed E-state index contributed by atoms with van der Waals surface area (Å²) in [6.45, 7) is 17.0. The molecule has 1 fully saturated rings. The quantitative estimate of drug-likeness (QED) is 0.706. The Labute approximate surface area is 132 Å². The van der Waals surface area contributed by atoms with Crippen LogP contribution in [0.2, 0.25) is 0 Å². The molecule has 0 aliphatic carbocycles. The molecule has 1 aliphatic rings. The Bertz CT molecular complexity index is 333. The van der Waals surface area contributed by atoms with Crippen molar-refractivity contribution < 1.29 is 0 Å². The zero-order valence-corrected chi connectivity index (χ0v) is 14.9. The molecule has 122 valence electrons. The van der Waals surface area contributed by atoms with Crippen molar-refractivity contribution >= 4 is 0 Å². The molecule has 0 bridgehead atoms. The molecular formula is C19H36N2. The smallest absolute Gasteiger partial charge is 0.0341 e. The summed E-state index contributed by atoms with van der Waals surface area (Å²) in [5, 5.41) is 0. The van der Waals surface area contributed by atoms with Crippen LogP contribution in [-0.4, -0.2) is 24.0 Å². The van der Waals surface area contributed by atoms with Crippen molar-refractivity contribution in [3.05, 3.63) is 36.1 Å². The van der Waals surface area contributed by atoms with Gasteiger partial charge in [-0.05, 0) is 44.1 Å². The van der Waals surface area contributed by atoms with Gasteiger partial charge in [0.1, 0.15) is 0 Å². The number of likely N-dealkylation sites (tertiary alicyclic amines) is 1. The molecule has 2 N–H and O–H groups in total. The van der Waals surface area contributed by atoms with Gasteiger partial charge in [0.05, 0.1) is 0 Å². The lowest BCUT2D eigenvalue weighted by Crippen LogP contribution is -2.34. The summed E-state index contributed by atoms with van der Waals surface area (Å²) in [5.41, 5.74) is 8.71. The summed E-state index contributed by atoms with van der Waals surface area (Å²) >= 11 is 0. The highest BCUT2D eigenvalue weighted by Crippen LogP contribution is 2.23. The Hall–Kier alpha value is -1.02. The van der Waals surface area contributed by atoms with Crippen LogP contribution in [0.3, 0.4) is 0 Å². The first-order chi connectivity index (χ1) is 10.1. The Morgan fingerprint density at radius 3 is 2.24 bits per heavy atom. The van der Waals surface area contributed by atoms with Gasteiger partial charge in [0, 0.05) is 24.8 Å². The molecule has 0 amide bonds. The number of rotatable bonds is 6. The second kappa shape index (κ2) is 11.6. The third kappa shape index (κ3) is 7.52. The SMILES string of the molecule is C=C(/C(=C\C=C/C)C(N)CC(C)C)N1CCCCC1.CC. The molecule has 21 heavy (non-hydrogen) atoms. The van der Waals surface area contributed by atoms with Crippen molar-refractivity contribution in [1.82, 2.24) is 4.90 Å². The number of nitrogens with zero attached hydrogens (tertiary/aromatic N) is 1. The van der Waals surface area contributed by atoms with E-state index in [-0.39, 0.29) is 6.04 Å². The molecule has 0 saturated carbocycles.